The first-order chi connectivity index (χ1) is 17.5. The minimum atomic E-state index is -0.738. The summed E-state index contributed by atoms with van der Waals surface area (Å²) in [5.41, 5.74) is 0. The number of thioether (sulfide) groups is 1. The van der Waals surface area contributed by atoms with Crippen LogP contribution in [0.15, 0.2) is 25.3 Å². The number of rotatable bonds is 14. The van der Waals surface area contributed by atoms with Gasteiger partial charge in [0.2, 0.25) is 11.8 Å². The van der Waals surface area contributed by atoms with Crippen LogP contribution in [0, 0.1) is 17.8 Å². The van der Waals surface area contributed by atoms with Gasteiger partial charge in [0.1, 0.15) is 6.04 Å². The van der Waals surface area contributed by atoms with Gasteiger partial charge in [0, 0.05) is 17.3 Å². The molecule has 0 aromatic rings. The van der Waals surface area contributed by atoms with Gasteiger partial charge in [0.05, 0.1) is 35.8 Å². The average Bonchev–Trinajstić information content (AvgIpc) is 3.41. The summed E-state index contributed by atoms with van der Waals surface area (Å²) in [4.78, 5) is 45.8. The van der Waals surface area contributed by atoms with E-state index in [9.17, 15) is 19.5 Å². The van der Waals surface area contributed by atoms with Gasteiger partial charge in [-0.1, -0.05) is 39.3 Å². The van der Waals surface area contributed by atoms with E-state index in [1.54, 1.807) is 28.8 Å². The van der Waals surface area contributed by atoms with Crippen molar-refractivity contribution in [3.8, 4) is 0 Å². The summed E-state index contributed by atoms with van der Waals surface area (Å²) in [5.74, 6) is -1.70. The summed E-state index contributed by atoms with van der Waals surface area (Å²) in [7, 11) is 0. The number of nitrogens with zero attached hydrogens (tertiary/aromatic N) is 2. The lowest BCUT2D eigenvalue weighted by molar-refractivity contribution is -0.156. The van der Waals surface area contributed by atoms with Crippen molar-refractivity contribution in [2.75, 3.05) is 19.8 Å². The molecule has 3 unspecified atom stereocenters. The number of hydrogen-bond donors (Lipinski definition) is 1. The van der Waals surface area contributed by atoms with Crippen molar-refractivity contribution in [2.24, 2.45) is 17.8 Å². The highest BCUT2D eigenvalue weighted by molar-refractivity contribution is 8.02. The van der Waals surface area contributed by atoms with Crippen molar-refractivity contribution in [3.05, 3.63) is 25.3 Å². The molecule has 7 nitrogen and oxygen atoms in total. The summed E-state index contributed by atoms with van der Waals surface area (Å²) in [6, 6.07) is -1.24. The average molecular weight is 535 g/mol. The molecule has 3 heterocycles. The van der Waals surface area contributed by atoms with Gasteiger partial charge in [0.15, 0.2) is 0 Å². The van der Waals surface area contributed by atoms with E-state index in [2.05, 4.69) is 20.1 Å². The third kappa shape index (κ3) is 5.25. The van der Waals surface area contributed by atoms with Crippen LogP contribution in [0.1, 0.15) is 73.1 Å². The lowest BCUT2D eigenvalue weighted by Gasteiger charge is -2.41. The quantitative estimate of drug-likeness (QED) is 0.204. The van der Waals surface area contributed by atoms with Crippen LogP contribution in [-0.4, -0.2) is 80.1 Å². The van der Waals surface area contributed by atoms with Gasteiger partial charge < -0.3 is 19.6 Å². The minimum Gasteiger partial charge on any atom is -0.465 e. The predicted octanol–water partition coefficient (Wildman–Crippen LogP) is 4.20. The number of ether oxygens (including phenoxy) is 1. The molecule has 3 fully saturated rings. The Kier molecular flexibility index (Phi) is 9.60. The second-order valence-corrected chi connectivity index (χ2v) is 13.5. The number of fused-ring (bicyclic) bond motifs is 1. The number of carbonyl (C=O) groups is 3. The molecule has 0 radical (unpaired) electrons. The van der Waals surface area contributed by atoms with Crippen LogP contribution >= 0.6 is 11.8 Å². The van der Waals surface area contributed by atoms with Crippen LogP contribution in [-0.2, 0) is 19.1 Å². The first-order valence-electron chi connectivity index (χ1n) is 13.8. The van der Waals surface area contributed by atoms with Crippen molar-refractivity contribution in [2.45, 2.75) is 101 Å². The molecule has 3 aliphatic rings. The number of aliphatic hydroxyl groups excluding tert-OH is 1. The van der Waals surface area contributed by atoms with Gasteiger partial charge in [0.25, 0.3) is 0 Å². The fraction of sp³-hybridized carbons (Fsp3) is 0.759. The molecule has 3 saturated heterocycles. The largest absolute Gasteiger partial charge is 0.465 e. The third-order valence-electron chi connectivity index (χ3n) is 8.46. The van der Waals surface area contributed by atoms with E-state index in [-0.39, 0.29) is 43.0 Å². The number of likely N-dealkylation sites (tertiary alicyclic amines) is 1. The summed E-state index contributed by atoms with van der Waals surface area (Å²) in [6.07, 6.45) is 7.75. The molecule has 208 valence electrons. The van der Waals surface area contributed by atoms with Gasteiger partial charge in [-0.15, -0.1) is 24.9 Å². The van der Waals surface area contributed by atoms with Crippen LogP contribution in [0.2, 0.25) is 0 Å². The summed E-state index contributed by atoms with van der Waals surface area (Å²) in [6.45, 7) is 18.2. The van der Waals surface area contributed by atoms with E-state index in [1.807, 2.05) is 32.6 Å². The SMILES string of the molecule is C=CCCOC(=O)[C@@H]1[C@H]2C(=O)N([C@@H](CO)CC(C)C)C(C(=O)N(CC=C)C(C)CCC)C23CC[C@@]1(C)S3. The zero-order valence-electron chi connectivity index (χ0n) is 23.3. The van der Waals surface area contributed by atoms with Crippen molar-refractivity contribution in [1.82, 2.24) is 9.80 Å². The van der Waals surface area contributed by atoms with Gasteiger partial charge in [-0.25, -0.2) is 0 Å². The Labute approximate surface area is 227 Å². The Morgan fingerprint density at radius 3 is 2.54 bits per heavy atom. The van der Waals surface area contributed by atoms with Gasteiger partial charge >= 0.3 is 5.97 Å². The van der Waals surface area contributed by atoms with E-state index < -0.39 is 33.4 Å². The first-order valence-corrected chi connectivity index (χ1v) is 14.7. The van der Waals surface area contributed by atoms with Crippen molar-refractivity contribution >= 4 is 29.5 Å². The molecule has 3 aliphatic heterocycles. The molecule has 37 heavy (non-hydrogen) atoms. The molecule has 8 heteroatoms. The van der Waals surface area contributed by atoms with E-state index in [1.165, 1.54) is 0 Å². The maximum atomic E-state index is 14.5. The van der Waals surface area contributed by atoms with E-state index in [4.69, 9.17) is 4.74 Å². The first kappa shape index (κ1) is 29.8. The van der Waals surface area contributed by atoms with Crippen molar-refractivity contribution in [1.29, 1.82) is 0 Å². The Morgan fingerprint density at radius 2 is 1.97 bits per heavy atom. The molecule has 1 spiro atoms. The molecule has 0 aliphatic carbocycles. The molecular formula is C29H46N2O5S. The molecule has 1 N–H and O–H groups in total. The topological polar surface area (TPSA) is 87.1 Å². The zero-order valence-corrected chi connectivity index (χ0v) is 24.1. The maximum absolute atomic E-state index is 14.5. The van der Waals surface area contributed by atoms with Crippen LogP contribution in [0.3, 0.4) is 0 Å². The number of amides is 2. The fourth-order valence-corrected chi connectivity index (χ4v) is 9.23. The second-order valence-electron chi connectivity index (χ2n) is 11.6. The molecule has 7 atom stereocenters. The van der Waals surface area contributed by atoms with Crippen LogP contribution in [0.4, 0.5) is 0 Å². The Balaban J connectivity index is 2.10. The molecule has 2 bridgehead atoms. The Morgan fingerprint density at radius 1 is 1.27 bits per heavy atom. The summed E-state index contributed by atoms with van der Waals surface area (Å²) in [5, 5.41) is 10.4. The number of carbonyl (C=O) groups excluding carboxylic acids is 3. The standard InChI is InChI=1S/C29H46N2O5S/c1-8-11-16-36-27(35)23-22-25(33)31(21(18-32)17-19(4)5)24(29(22)14-13-28(23,7)37-29)26(34)30(15-10-3)20(6)12-9-2/h8,10,19-24,32H,1,3,9,11-18H2,2,4-7H3/t20?,21-,22+,23+,24?,28-,29?/m1/s1. The van der Waals surface area contributed by atoms with Crippen molar-refractivity contribution in [3.63, 3.8) is 0 Å². The van der Waals surface area contributed by atoms with E-state index in [0.717, 1.165) is 19.3 Å². The Hall–Kier alpha value is -1.80. The number of aliphatic hydroxyl groups is 1. The van der Waals surface area contributed by atoms with Crippen molar-refractivity contribution < 1.29 is 24.2 Å². The number of hydrogen-bond acceptors (Lipinski definition) is 6. The molecule has 0 saturated carbocycles. The fourth-order valence-electron chi connectivity index (χ4n) is 6.90. The van der Waals surface area contributed by atoms with E-state index in [0.29, 0.717) is 25.8 Å². The number of esters is 1. The van der Waals surface area contributed by atoms with Crippen LogP contribution < -0.4 is 0 Å². The third-order valence-corrected chi connectivity index (χ3v) is 10.4. The highest BCUT2D eigenvalue weighted by atomic mass is 32.2. The summed E-state index contributed by atoms with van der Waals surface area (Å²) < 4.78 is 4.43. The summed E-state index contributed by atoms with van der Waals surface area (Å²) >= 11 is 1.64. The molecule has 2 amide bonds. The lowest BCUT2D eigenvalue weighted by Crippen LogP contribution is -2.59. The maximum Gasteiger partial charge on any atom is 0.311 e. The van der Waals surface area contributed by atoms with Gasteiger partial charge in [-0.2, -0.15) is 0 Å². The van der Waals surface area contributed by atoms with E-state index >= 15 is 0 Å². The highest BCUT2D eigenvalue weighted by Gasteiger charge is 2.78. The normalized spacial score (nSPS) is 31.8. The highest BCUT2D eigenvalue weighted by Crippen LogP contribution is 2.72. The zero-order chi connectivity index (χ0) is 27.5. The molecule has 0 aromatic heterocycles. The minimum absolute atomic E-state index is 0.0144. The Bertz CT molecular complexity index is 894. The molecular weight excluding hydrogens is 488 g/mol. The van der Waals surface area contributed by atoms with Crippen LogP contribution in [0.5, 0.6) is 0 Å². The second kappa shape index (κ2) is 11.9. The molecule has 3 rings (SSSR count). The van der Waals surface area contributed by atoms with Crippen LogP contribution in [0.25, 0.3) is 0 Å². The van der Waals surface area contributed by atoms with Gasteiger partial charge in [-0.3, -0.25) is 14.4 Å². The molecule has 0 aromatic carbocycles. The predicted molar refractivity (Wildman–Crippen MR) is 148 cm³/mol. The monoisotopic (exact) mass is 534 g/mol. The van der Waals surface area contributed by atoms with Gasteiger partial charge in [-0.05, 0) is 51.9 Å². The smallest absolute Gasteiger partial charge is 0.311 e. The lowest BCUT2D eigenvalue weighted by atomic mass is 9.66.